The molecule has 0 amide bonds. The molecule has 0 radical (unpaired) electrons. The van der Waals surface area contributed by atoms with Gasteiger partial charge in [-0.15, -0.1) is 0 Å². The standard InChI is InChI=1S/C10H9FN2/c11-5-7-1-2-10-8(3-7)4-9(12)6-13-10/h1-4,6H,5,12H2. The monoisotopic (exact) mass is 176 g/mol. The number of nitrogens with zero attached hydrogens (tertiary/aromatic N) is 1. The van der Waals surface area contributed by atoms with Gasteiger partial charge in [-0.25, -0.2) is 4.39 Å². The highest BCUT2D eigenvalue weighted by atomic mass is 19.1. The Morgan fingerprint density at radius 3 is 2.92 bits per heavy atom. The summed E-state index contributed by atoms with van der Waals surface area (Å²) in [6, 6.07) is 7.08. The van der Waals surface area contributed by atoms with Crippen LogP contribution in [0.1, 0.15) is 5.56 Å². The number of aromatic nitrogens is 1. The number of alkyl halides is 1. The van der Waals surface area contributed by atoms with Crippen LogP contribution in [0.3, 0.4) is 0 Å². The molecule has 1 aromatic carbocycles. The van der Waals surface area contributed by atoms with Crippen LogP contribution in [-0.2, 0) is 6.67 Å². The molecule has 0 saturated carbocycles. The first-order chi connectivity index (χ1) is 6.29. The fourth-order valence-electron chi connectivity index (χ4n) is 1.28. The molecule has 66 valence electrons. The van der Waals surface area contributed by atoms with Crippen LogP contribution in [0.5, 0.6) is 0 Å². The van der Waals surface area contributed by atoms with E-state index in [1.807, 2.05) is 0 Å². The van der Waals surface area contributed by atoms with Crippen molar-refractivity contribution in [3.63, 3.8) is 0 Å². The summed E-state index contributed by atoms with van der Waals surface area (Å²) >= 11 is 0. The quantitative estimate of drug-likeness (QED) is 0.724. The molecular weight excluding hydrogens is 167 g/mol. The van der Waals surface area contributed by atoms with Crippen LogP contribution in [0.4, 0.5) is 10.1 Å². The molecular formula is C10H9FN2. The smallest absolute Gasteiger partial charge is 0.115 e. The molecule has 13 heavy (non-hydrogen) atoms. The molecule has 0 bridgehead atoms. The van der Waals surface area contributed by atoms with Crippen molar-refractivity contribution < 1.29 is 4.39 Å². The Hall–Kier alpha value is -1.64. The fraction of sp³-hybridized carbons (Fsp3) is 0.100. The molecule has 0 aliphatic rings. The number of benzene rings is 1. The van der Waals surface area contributed by atoms with Gasteiger partial charge in [0, 0.05) is 5.39 Å². The third-order valence-electron chi connectivity index (χ3n) is 1.92. The Morgan fingerprint density at radius 1 is 1.31 bits per heavy atom. The highest BCUT2D eigenvalue weighted by Gasteiger charge is 1.97. The van der Waals surface area contributed by atoms with Crippen LogP contribution in [0.15, 0.2) is 30.5 Å². The molecule has 1 aromatic heterocycles. The lowest BCUT2D eigenvalue weighted by Crippen LogP contribution is -1.88. The summed E-state index contributed by atoms with van der Waals surface area (Å²) in [6.07, 6.45) is 1.59. The van der Waals surface area contributed by atoms with Crippen molar-refractivity contribution in [2.75, 3.05) is 5.73 Å². The number of pyridine rings is 1. The van der Waals surface area contributed by atoms with Gasteiger partial charge in [0.15, 0.2) is 0 Å². The van der Waals surface area contributed by atoms with E-state index in [9.17, 15) is 4.39 Å². The second kappa shape index (κ2) is 3.01. The van der Waals surface area contributed by atoms with Crippen molar-refractivity contribution in [2.24, 2.45) is 0 Å². The maximum atomic E-state index is 12.3. The molecule has 2 aromatic rings. The minimum Gasteiger partial charge on any atom is -0.397 e. The molecule has 2 N–H and O–H groups in total. The number of halogens is 1. The van der Waals surface area contributed by atoms with Crippen LogP contribution in [-0.4, -0.2) is 4.98 Å². The Labute approximate surface area is 75.2 Å². The molecule has 3 heteroatoms. The average molecular weight is 176 g/mol. The van der Waals surface area contributed by atoms with Crippen molar-refractivity contribution in [3.8, 4) is 0 Å². The van der Waals surface area contributed by atoms with E-state index in [1.165, 1.54) is 0 Å². The molecule has 0 spiro atoms. The van der Waals surface area contributed by atoms with E-state index in [-0.39, 0.29) is 0 Å². The molecule has 1 heterocycles. The lowest BCUT2D eigenvalue weighted by Gasteiger charge is -2.00. The molecule has 0 aliphatic heterocycles. The molecule has 0 saturated heterocycles. The molecule has 0 aliphatic carbocycles. The SMILES string of the molecule is Nc1cnc2ccc(CF)cc2c1. The van der Waals surface area contributed by atoms with E-state index in [0.717, 1.165) is 10.9 Å². The molecule has 0 unspecified atom stereocenters. The molecule has 2 rings (SSSR count). The van der Waals surface area contributed by atoms with Crippen molar-refractivity contribution in [2.45, 2.75) is 6.67 Å². The first kappa shape index (κ1) is 7.98. The van der Waals surface area contributed by atoms with Crippen molar-refractivity contribution in [3.05, 3.63) is 36.0 Å². The van der Waals surface area contributed by atoms with Gasteiger partial charge in [-0.05, 0) is 23.8 Å². The van der Waals surface area contributed by atoms with E-state index in [4.69, 9.17) is 5.73 Å². The van der Waals surface area contributed by atoms with E-state index in [0.29, 0.717) is 11.3 Å². The lowest BCUT2D eigenvalue weighted by atomic mass is 10.1. The van der Waals surface area contributed by atoms with Crippen LogP contribution in [0.25, 0.3) is 10.9 Å². The zero-order chi connectivity index (χ0) is 9.26. The van der Waals surface area contributed by atoms with Gasteiger partial charge in [0.25, 0.3) is 0 Å². The van der Waals surface area contributed by atoms with Gasteiger partial charge in [-0.3, -0.25) is 4.98 Å². The highest BCUT2D eigenvalue weighted by Crippen LogP contribution is 2.16. The van der Waals surface area contributed by atoms with E-state index in [2.05, 4.69) is 4.98 Å². The largest absolute Gasteiger partial charge is 0.397 e. The average Bonchev–Trinajstić information content (AvgIpc) is 2.16. The van der Waals surface area contributed by atoms with Crippen molar-refractivity contribution in [1.82, 2.24) is 4.98 Å². The Kier molecular flexibility index (Phi) is 1.85. The fourth-order valence-corrected chi connectivity index (χ4v) is 1.28. The number of rotatable bonds is 1. The second-order valence-electron chi connectivity index (χ2n) is 2.93. The van der Waals surface area contributed by atoms with Gasteiger partial charge in [-0.2, -0.15) is 0 Å². The second-order valence-corrected chi connectivity index (χ2v) is 2.93. The van der Waals surface area contributed by atoms with Crippen LogP contribution >= 0.6 is 0 Å². The predicted octanol–water partition coefficient (Wildman–Crippen LogP) is 2.29. The zero-order valence-electron chi connectivity index (χ0n) is 7.00. The number of hydrogen-bond donors (Lipinski definition) is 1. The van der Waals surface area contributed by atoms with Crippen molar-refractivity contribution in [1.29, 1.82) is 0 Å². The normalized spacial score (nSPS) is 10.5. The van der Waals surface area contributed by atoms with Gasteiger partial charge in [0.05, 0.1) is 17.4 Å². The van der Waals surface area contributed by atoms with Crippen LogP contribution < -0.4 is 5.73 Å². The summed E-state index contributed by atoms with van der Waals surface area (Å²) in [7, 11) is 0. The Balaban J connectivity index is 2.68. The Morgan fingerprint density at radius 2 is 2.15 bits per heavy atom. The number of nitrogens with two attached hydrogens (primary N) is 1. The van der Waals surface area contributed by atoms with Gasteiger partial charge in [0.2, 0.25) is 0 Å². The predicted molar refractivity (Wildman–Crippen MR) is 51.0 cm³/mol. The lowest BCUT2D eigenvalue weighted by molar-refractivity contribution is 0.485. The summed E-state index contributed by atoms with van der Waals surface area (Å²) < 4.78 is 12.3. The summed E-state index contributed by atoms with van der Waals surface area (Å²) in [5.41, 5.74) is 7.65. The zero-order valence-corrected chi connectivity index (χ0v) is 7.00. The van der Waals surface area contributed by atoms with Gasteiger partial charge in [-0.1, -0.05) is 6.07 Å². The van der Waals surface area contributed by atoms with Gasteiger partial charge < -0.3 is 5.73 Å². The van der Waals surface area contributed by atoms with E-state index < -0.39 is 6.67 Å². The maximum Gasteiger partial charge on any atom is 0.115 e. The minimum atomic E-state index is -0.454. The molecule has 2 nitrogen and oxygen atoms in total. The van der Waals surface area contributed by atoms with Crippen LogP contribution in [0, 0.1) is 0 Å². The van der Waals surface area contributed by atoms with E-state index >= 15 is 0 Å². The Bertz CT molecular complexity index is 440. The number of nitrogen functional groups attached to an aromatic ring is 1. The first-order valence-electron chi connectivity index (χ1n) is 4.00. The van der Waals surface area contributed by atoms with Crippen LogP contribution in [0.2, 0.25) is 0 Å². The summed E-state index contributed by atoms with van der Waals surface area (Å²) in [4.78, 5) is 4.11. The summed E-state index contributed by atoms with van der Waals surface area (Å²) in [6.45, 7) is -0.454. The third-order valence-corrected chi connectivity index (χ3v) is 1.92. The number of anilines is 1. The summed E-state index contributed by atoms with van der Waals surface area (Å²) in [5, 5.41) is 0.884. The number of fused-ring (bicyclic) bond motifs is 1. The first-order valence-corrected chi connectivity index (χ1v) is 4.00. The van der Waals surface area contributed by atoms with Gasteiger partial charge in [0.1, 0.15) is 6.67 Å². The molecule has 0 fully saturated rings. The highest BCUT2D eigenvalue weighted by molar-refractivity contribution is 5.81. The number of hydrogen-bond acceptors (Lipinski definition) is 2. The summed E-state index contributed by atoms with van der Waals surface area (Å²) in [5.74, 6) is 0. The minimum absolute atomic E-state index is 0.454. The van der Waals surface area contributed by atoms with Crippen molar-refractivity contribution >= 4 is 16.6 Å². The third kappa shape index (κ3) is 1.45. The maximum absolute atomic E-state index is 12.3. The topological polar surface area (TPSA) is 38.9 Å². The molecule has 0 atom stereocenters. The van der Waals surface area contributed by atoms with E-state index in [1.54, 1.807) is 30.5 Å². The van der Waals surface area contributed by atoms with Gasteiger partial charge >= 0.3 is 0 Å².